The first-order valence-electron chi connectivity index (χ1n) is 17.5. The number of allylic oxidation sites excluding steroid dienone is 9. The van der Waals surface area contributed by atoms with Gasteiger partial charge in [0.05, 0.1) is 0 Å². The molecule has 0 spiro atoms. The lowest BCUT2D eigenvalue weighted by atomic mass is 9.68. The third kappa shape index (κ3) is 2.90. The molecule has 0 aliphatic heterocycles. The predicted molar refractivity (Wildman–Crippen MR) is 197 cm³/mol. The fourth-order valence-corrected chi connectivity index (χ4v) is 10.9. The van der Waals surface area contributed by atoms with Gasteiger partial charge in [-0.25, -0.2) is 0 Å². The lowest BCUT2D eigenvalue weighted by Gasteiger charge is -2.35. The number of aryl methyl sites for hydroxylation is 1. The molecule has 0 aromatic heterocycles. The first kappa shape index (κ1) is 25.7. The van der Waals surface area contributed by atoms with Gasteiger partial charge in [0.1, 0.15) is 0 Å². The molecule has 2 atom stereocenters. The molecule has 6 aliphatic rings. The van der Waals surface area contributed by atoms with Crippen LogP contribution in [-0.2, 0) is 17.3 Å². The predicted octanol–water partition coefficient (Wildman–Crippen LogP) is 11.0. The van der Waals surface area contributed by atoms with Gasteiger partial charge in [-0.3, -0.25) is 0 Å². The molecular weight excluding hydrogens is 553 g/mol. The summed E-state index contributed by atoms with van der Waals surface area (Å²) in [5.41, 5.74) is 16.8. The highest BCUT2D eigenvalue weighted by Crippen LogP contribution is 2.64. The fourth-order valence-electron chi connectivity index (χ4n) is 10.9. The van der Waals surface area contributed by atoms with Crippen molar-refractivity contribution >= 4 is 61.2 Å². The number of fused-ring (bicyclic) bond motifs is 13. The molecule has 0 saturated carbocycles. The van der Waals surface area contributed by atoms with Gasteiger partial charge >= 0.3 is 0 Å². The number of rotatable bonds is 0. The molecule has 222 valence electrons. The summed E-state index contributed by atoms with van der Waals surface area (Å²) in [6, 6.07) is 21.6. The molecule has 6 aliphatic carbocycles. The molecule has 0 nitrogen and oxygen atoms in total. The van der Waals surface area contributed by atoms with E-state index < -0.39 is 0 Å². The molecule has 0 bridgehead atoms. The smallest absolute Gasteiger partial charge is 0.0156 e. The highest BCUT2D eigenvalue weighted by Gasteiger charge is 2.51. The Hall–Kier alpha value is -4.42. The largest absolute Gasteiger partial charge is 0.0836 e. The third-order valence-electron chi connectivity index (χ3n) is 13.0. The summed E-state index contributed by atoms with van der Waals surface area (Å²) in [7, 11) is 0. The molecule has 0 N–H and O–H groups in total. The fraction of sp³-hybridized carbons (Fsp3) is 0.261. The lowest BCUT2D eigenvalue weighted by Crippen LogP contribution is -2.27. The SMILES string of the molecule is CC1(C)C2=C(CC3C(=C2)c2c(c4c(c5ccccc25)C2=CC=CCC2C=C4)C3(C)C)c2c1cc1ccc3c4c(ccc2c14)CCC=3. The first-order chi connectivity index (χ1) is 22.3. The van der Waals surface area contributed by atoms with E-state index in [0.717, 1.165) is 25.7 Å². The average Bonchev–Trinajstić information content (AvgIpc) is 3.45. The van der Waals surface area contributed by atoms with Crippen LogP contribution in [-0.4, -0.2) is 0 Å². The quantitative estimate of drug-likeness (QED) is 0.168. The highest BCUT2D eigenvalue weighted by molar-refractivity contribution is 6.18. The van der Waals surface area contributed by atoms with Gasteiger partial charge in [-0.2, -0.15) is 0 Å². The average molecular weight is 591 g/mol. The zero-order valence-corrected chi connectivity index (χ0v) is 27.2. The van der Waals surface area contributed by atoms with Crippen LogP contribution in [0, 0.1) is 11.8 Å². The van der Waals surface area contributed by atoms with Gasteiger partial charge < -0.3 is 0 Å². The summed E-state index contributed by atoms with van der Waals surface area (Å²) in [5.74, 6) is 0.925. The third-order valence-corrected chi connectivity index (χ3v) is 13.0. The van der Waals surface area contributed by atoms with Crippen LogP contribution in [0.2, 0.25) is 0 Å². The molecule has 5 aromatic carbocycles. The molecule has 46 heavy (non-hydrogen) atoms. The summed E-state index contributed by atoms with van der Waals surface area (Å²) in [6.45, 7) is 10.1. The van der Waals surface area contributed by atoms with Gasteiger partial charge in [0.15, 0.2) is 0 Å². The van der Waals surface area contributed by atoms with E-state index in [9.17, 15) is 0 Å². The van der Waals surface area contributed by atoms with Gasteiger partial charge in [-0.05, 0) is 142 Å². The highest BCUT2D eigenvalue weighted by atomic mass is 14.5. The Morgan fingerprint density at radius 3 is 2.52 bits per heavy atom. The van der Waals surface area contributed by atoms with Crippen molar-refractivity contribution in [3.63, 3.8) is 0 Å². The van der Waals surface area contributed by atoms with Gasteiger partial charge in [0.25, 0.3) is 0 Å². The Morgan fingerprint density at radius 2 is 1.65 bits per heavy atom. The van der Waals surface area contributed by atoms with Crippen molar-refractivity contribution < 1.29 is 0 Å². The second kappa shape index (κ2) is 8.29. The van der Waals surface area contributed by atoms with Crippen molar-refractivity contribution in [3.05, 3.63) is 135 Å². The second-order valence-corrected chi connectivity index (χ2v) is 15.9. The summed E-state index contributed by atoms with van der Waals surface area (Å²) in [4.78, 5) is 0. The van der Waals surface area contributed by atoms with Crippen LogP contribution >= 0.6 is 0 Å². The second-order valence-electron chi connectivity index (χ2n) is 15.9. The van der Waals surface area contributed by atoms with Crippen LogP contribution in [0.25, 0.3) is 61.2 Å². The van der Waals surface area contributed by atoms with Crippen LogP contribution in [0.4, 0.5) is 0 Å². The van der Waals surface area contributed by atoms with Gasteiger partial charge in [0, 0.05) is 11.3 Å². The Morgan fingerprint density at radius 1 is 0.804 bits per heavy atom. The number of benzene rings is 5. The van der Waals surface area contributed by atoms with E-state index in [1.165, 1.54) is 76.5 Å². The van der Waals surface area contributed by atoms with Crippen molar-refractivity contribution in [2.75, 3.05) is 0 Å². The minimum Gasteiger partial charge on any atom is -0.0836 e. The summed E-state index contributed by atoms with van der Waals surface area (Å²) < 4.78 is 0. The molecule has 11 rings (SSSR count). The first-order valence-corrected chi connectivity index (χ1v) is 17.5. The Kier molecular flexibility index (Phi) is 4.64. The van der Waals surface area contributed by atoms with Gasteiger partial charge in [-0.1, -0.05) is 119 Å². The van der Waals surface area contributed by atoms with E-state index in [0.29, 0.717) is 11.8 Å². The van der Waals surface area contributed by atoms with E-state index in [1.54, 1.807) is 22.3 Å². The van der Waals surface area contributed by atoms with Crippen LogP contribution in [0.15, 0.2) is 90.6 Å². The van der Waals surface area contributed by atoms with Crippen LogP contribution in [0.3, 0.4) is 0 Å². The van der Waals surface area contributed by atoms with E-state index in [-0.39, 0.29) is 10.8 Å². The maximum absolute atomic E-state index is 2.68. The van der Waals surface area contributed by atoms with E-state index in [1.807, 2.05) is 0 Å². The molecule has 2 unspecified atom stereocenters. The van der Waals surface area contributed by atoms with Crippen molar-refractivity contribution in [1.29, 1.82) is 0 Å². The summed E-state index contributed by atoms with van der Waals surface area (Å²) in [5, 5.41) is 10.2. The van der Waals surface area contributed by atoms with E-state index in [2.05, 4.69) is 125 Å². The molecule has 0 saturated heterocycles. The standard InChI is InChI=1S/C46H38/c1-45(2)36-24-35-37(23-34(36)42-32-20-19-27-12-9-11-26-16-17-28(22-38(42)45)40(32)39(26)27)46(3,4)44-33-21-18-25-10-5-6-13-29(25)41(33)30-14-7-8-15-31(30)43(35)44/h5-8,11,13-22,24-25,37H,9-10,12,23H2,1-4H3. The van der Waals surface area contributed by atoms with Crippen LogP contribution in [0.1, 0.15) is 85.9 Å². The monoisotopic (exact) mass is 590 g/mol. The van der Waals surface area contributed by atoms with E-state index >= 15 is 0 Å². The molecule has 5 aromatic rings. The minimum absolute atomic E-state index is 0.0158. The topological polar surface area (TPSA) is 0 Å². The zero-order valence-electron chi connectivity index (χ0n) is 27.2. The molecular formula is C46H38. The lowest BCUT2D eigenvalue weighted by molar-refractivity contribution is 0.416. The van der Waals surface area contributed by atoms with Crippen molar-refractivity contribution in [3.8, 4) is 0 Å². The Balaban J connectivity index is 1.21. The zero-order chi connectivity index (χ0) is 30.7. The van der Waals surface area contributed by atoms with Crippen molar-refractivity contribution in [1.82, 2.24) is 0 Å². The van der Waals surface area contributed by atoms with Gasteiger partial charge in [0.2, 0.25) is 0 Å². The molecule has 0 heteroatoms. The van der Waals surface area contributed by atoms with Crippen LogP contribution < -0.4 is 5.22 Å². The molecule has 0 heterocycles. The van der Waals surface area contributed by atoms with E-state index in [4.69, 9.17) is 0 Å². The Bertz CT molecular complexity index is 2510. The molecule has 0 amide bonds. The minimum atomic E-state index is -0.0452. The normalized spacial score (nSPS) is 23.8. The summed E-state index contributed by atoms with van der Waals surface area (Å²) >= 11 is 0. The maximum atomic E-state index is 2.68. The van der Waals surface area contributed by atoms with Crippen LogP contribution in [0.5, 0.6) is 0 Å². The molecule has 0 radical (unpaired) electrons. The number of hydrogen-bond donors (Lipinski definition) is 0. The number of hydrogen-bond acceptors (Lipinski definition) is 0. The summed E-state index contributed by atoms with van der Waals surface area (Å²) in [6.07, 6.45) is 21.6. The van der Waals surface area contributed by atoms with Crippen molar-refractivity contribution in [2.24, 2.45) is 11.8 Å². The maximum Gasteiger partial charge on any atom is 0.0156 e. The van der Waals surface area contributed by atoms with Crippen molar-refractivity contribution in [2.45, 2.75) is 64.2 Å². The Labute approximate surface area is 271 Å². The van der Waals surface area contributed by atoms with Gasteiger partial charge in [-0.15, -0.1) is 0 Å². The molecule has 0 fully saturated rings.